The van der Waals surface area contributed by atoms with Crippen LogP contribution in [0.3, 0.4) is 0 Å². The Morgan fingerprint density at radius 1 is 1.13 bits per heavy atom. The Labute approximate surface area is 179 Å². The van der Waals surface area contributed by atoms with Crippen LogP contribution in [0.2, 0.25) is 0 Å². The molecule has 2 aromatic rings. The van der Waals surface area contributed by atoms with Crippen LogP contribution in [0.15, 0.2) is 59.6 Å². The van der Waals surface area contributed by atoms with Crippen molar-refractivity contribution in [1.29, 1.82) is 0 Å². The zero-order valence-corrected chi connectivity index (χ0v) is 18.0. The van der Waals surface area contributed by atoms with Gasteiger partial charge in [0.05, 0.1) is 13.1 Å². The molecule has 0 aliphatic carbocycles. The third kappa shape index (κ3) is 6.24. The summed E-state index contributed by atoms with van der Waals surface area (Å²) in [5.41, 5.74) is 2.32. The Bertz CT molecular complexity index is 838. The molecule has 1 heterocycles. The summed E-state index contributed by atoms with van der Waals surface area (Å²) in [4.78, 5) is 20.9. The van der Waals surface area contributed by atoms with Crippen LogP contribution in [0.1, 0.15) is 30.9 Å². The predicted octanol–water partition coefficient (Wildman–Crippen LogP) is 3.29. The van der Waals surface area contributed by atoms with Crippen molar-refractivity contribution in [3.63, 3.8) is 0 Å². The van der Waals surface area contributed by atoms with Gasteiger partial charge in [-0.25, -0.2) is 4.99 Å². The SMILES string of the molecule is CCNC(=NCc1ccccc1CN1CCCC1=O)N(C)CCOc1ccccc1. The maximum Gasteiger partial charge on any atom is 0.222 e. The highest BCUT2D eigenvalue weighted by molar-refractivity contribution is 5.79. The number of para-hydroxylation sites is 1. The van der Waals surface area contributed by atoms with Crippen LogP contribution >= 0.6 is 0 Å². The minimum Gasteiger partial charge on any atom is -0.492 e. The van der Waals surface area contributed by atoms with Crippen molar-refractivity contribution in [1.82, 2.24) is 15.1 Å². The van der Waals surface area contributed by atoms with Gasteiger partial charge in [0.15, 0.2) is 5.96 Å². The van der Waals surface area contributed by atoms with E-state index in [1.54, 1.807) is 0 Å². The monoisotopic (exact) mass is 408 g/mol. The van der Waals surface area contributed by atoms with Crippen LogP contribution in [0.25, 0.3) is 0 Å². The molecule has 6 heteroatoms. The average molecular weight is 409 g/mol. The smallest absolute Gasteiger partial charge is 0.222 e. The van der Waals surface area contributed by atoms with Crippen molar-refractivity contribution < 1.29 is 9.53 Å². The fourth-order valence-electron chi connectivity index (χ4n) is 3.50. The van der Waals surface area contributed by atoms with Crippen molar-refractivity contribution in [2.24, 2.45) is 4.99 Å². The van der Waals surface area contributed by atoms with Gasteiger partial charge in [-0.3, -0.25) is 4.79 Å². The Kier molecular flexibility index (Phi) is 8.12. The molecule has 3 rings (SSSR count). The summed E-state index contributed by atoms with van der Waals surface area (Å²) >= 11 is 0. The summed E-state index contributed by atoms with van der Waals surface area (Å²) in [5.74, 6) is 1.97. The van der Waals surface area contributed by atoms with E-state index in [4.69, 9.17) is 9.73 Å². The molecular weight excluding hydrogens is 376 g/mol. The lowest BCUT2D eigenvalue weighted by molar-refractivity contribution is -0.128. The van der Waals surface area contributed by atoms with E-state index in [2.05, 4.69) is 29.3 Å². The van der Waals surface area contributed by atoms with Crippen LogP contribution in [0.4, 0.5) is 0 Å². The van der Waals surface area contributed by atoms with Gasteiger partial charge in [-0.15, -0.1) is 0 Å². The first-order chi connectivity index (χ1) is 14.7. The van der Waals surface area contributed by atoms with E-state index >= 15 is 0 Å². The number of ether oxygens (including phenoxy) is 1. The van der Waals surface area contributed by atoms with E-state index in [9.17, 15) is 4.79 Å². The summed E-state index contributed by atoms with van der Waals surface area (Å²) in [6, 6.07) is 18.1. The van der Waals surface area contributed by atoms with Gasteiger partial charge in [0.25, 0.3) is 0 Å². The molecule has 1 aliphatic heterocycles. The zero-order valence-electron chi connectivity index (χ0n) is 18.0. The maximum absolute atomic E-state index is 12.0. The number of guanidine groups is 1. The lowest BCUT2D eigenvalue weighted by atomic mass is 10.1. The molecule has 0 radical (unpaired) electrons. The molecule has 6 nitrogen and oxygen atoms in total. The first kappa shape index (κ1) is 21.7. The summed E-state index contributed by atoms with van der Waals surface area (Å²) < 4.78 is 5.81. The lowest BCUT2D eigenvalue weighted by Crippen LogP contribution is -2.40. The molecule has 2 aromatic carbocycles. The van der Waals surface area contributed by atoms with Crippen molar-refractivity contribution in [3.8, 4) is 5.75 Å². The second kappa shape index (κ2) is 11.2. The van der Waals surface area contributed by atoms with E-state index in [-0.39, 0.29) is 5.91 Å². The first-order valence-electron chi connectivity index (χ1n) is 10.7. The third-order valence-corrected chi connectivity index (χ3v) is 5.19. The van der Waals surface area contributed by atoms with Gasteiger partial charge >= 0.3 is 0 Å². The molecule has 0 spiro atoms. The third-order valence-electron chi connectivity index (χ3n) is 5.19. The number of rotatable bonds is 9. The minimum absolute atomic E-state index is 0.250. The number of nitrogens with one attached hydrogen (secondary N) is 1. The Balaban J connectivity index is 1.60. The highest BCUT2D eigenvalue weighted by atomic mass is 16.5. The summed E-state index contributed by atoms with van der Waals surface area (Å²) in [6.07, 6.45) is 1.63. The summed E-state index contributed by atoms with van der Waals surface area (Å²) in [5, 5.41) is 3.36. The Morgan fingerprint density at radius 2 is 1.87 bits per heavy atom. The van der Waals surface area contributed by atoms with E-state index < -0.39 is 0 Å². The molecular formula is C24H32N4O2. The van der Waals surface area contributed by atoms with Crippen molar-refractivity contribution in [3.05, 3.63) is 65.7 Å². The number of likely N-dealkylation sites (N-methyl/N-ethyl adjacent to an activating group) is 1. The summed E-state index contributed by atoms with van der Waals surface area (Å²) in [6.45, 7) is 6.27. The molecule has 0 bridgehead atoms. The number of amides is 1. The van der Waals surface area contributed by atoms with Gasteiger partial charge in [0.1, 0.15) is 12.4 Å². The van der Waals surface area contributed by atoms with Gasteiger partial charge in [0, 0.05) is 33.1 Å². The number of nitrogens with zero attached hydrogens (tertiary/aromatic N) is 3. The maximum atomic E-state index is 12.0. The number of benzene rings is 2. The molecule has 1 N–H and O–H groups in total. The summed E-state index contributed by atoms with van der Waals surface area (Å²) in [7, 11) is 2.02. The number of hydrogen-bond acceptors (Lipinski definition) is 3. The van der Waals surface area contributed by atoms with Gasteiger partial charge in [-0.05, 0) is 36.6 Å². The molecule has 1 saturated heterocycles. The number of hydrogen-bond donors (Lipinski definition) is 1. The van der Waals surface area contributed by atoms with Crippen molar-refractivity contribution in [2.75, 3.05) is 33.3 Å². The second-order valence-electron chi connectivity index (χ2n) is 7.44. The molecule has 1 fully saturated rings. The quantitative estimate of drug-likeness (QED) is 0.511. The number of carbonyl (C=O) groups excluding carboxylic acids is 1. The van der Waals surface area contributed by atoms with Crippen LogP contribution in [-0.4, -0.2) is 55.0 Å². The van der Waals surface area contributed by atoms with Crippen LogP contribution in [0.5, 0.6) is 5.75 Å². The minimum atomic E-state index is 0.250. The predicted molar refractivity (Wildman–Crippen MR) is 120 cm³/mol. The highest BCUT2D eigenvalue weighted by Crippen LogP contribution is 2.18. The Hall–Kier alpha value is -3.02. The standard InChI is InChI=1S/C24H32N4O2/c1-3-25-24(27(2)16-17-30-22-12-5-4-6-13-22)26-18-20-10-7-8-11-21(20)19-28-15-9-14-23(28)29/h4-8,10-13H,3,9,14-19H2,1-2H3,(H,25,26). The van der Waals surface area contributed by atoms with Gasteiger partial charge in [0.2, 0.25) is 5.91 Å². The Morgan fingerprint density at radius 3 is 2.57 bits per heavy atom. The van der Waals surface area contributed by atoms with Crippen LogP contribution in [0, 0.1) is 0 Å². The topological polar surface area (TPSA) is 57.2 Å². The molecule has 0 aromatic heterocycles. The highest BCUT2D eigenvalue weighted by Gasteiger charge is 2.20. The fraction of sp³-hybridized carbons (Fsp3) is 0.417. The largest absolute Gasteiger partial charge is 0.492 e. The van der Waals surface area contributed by atoms with Crippen molar-refractivity contribution in [2.45, 2.75) is 32.9 Å². The molecule has 0 unspecified atom stereocenters. The number of carbonyl (C=O) groups is 1. The molecule has 30 heavy (non-hydrogen) atoms. The van der Waals surface area contributed by atoms with Crippen LogP contribution < -0.4 is 10.1 Å². The van der Waals surface area contributed by atoms with E-state index in [0.717, 1.165) is 43.3 Å². The van der Waals surface area contributed by atoms with Crippen molar-refractivity contribution >= 4 is 11.9 Å². The zero-order chi connectivity index (χ0) is 21.2. The normalized spacial score (nSPS) is 14.1. The molecule has 0 atom stereocenters. The van der Waals surface area contributed by atoms with Gasteiger partial charge < -0.3 is 19.9 Å². The van der Waals surface area contributed by atoms with E-state index in [1.165, 1.54) is 5.56 Å². The first-order valence-corrected chi connectivity index (χ1v) is 10.7. The van der Waals surface area contributed by atoms with E-state index in [1.807, 2.05) is 54.4 Å². The van der Waals surface area contributed by atoms with E-state index in [0.29, 0.717) is 26.1 Å². The number of aliphatic imine (C=N–C) groups is 1. The lowest BCUT2D eigenvalue weighted by Gasteiger charge is -2.22. The second-order valence-corrected chi connectivity index (χ2v) is 7.44. The molecule has 160 valence electrons. The van der Waals surface area contributed by atoms with Gasteiger partial charge in [-0.2, -0.15) is 0 Å². The molecule has 1 aliphatic rings. The molecule has 1 amide bonds. The van der Waals surface area contributed by atoms with Gasteiger partial charge in [-0.1, -0.05) is 42.5 Å². The van der Waals surface area contributed by atoms with Crippen LogP contribution in [-0.2, 0) is 17.9 Å². The fourth-order valence-corrected chi connectivity index (χ4v) is 3.50. The molecule has 0 saturated carbocycles. The average Bonchev–Trinajstić information content (AvgIpc) is 3.17. The number of likely N-dealkylation sites (tertiary alicyclic amines) is 1.